The van der Waals surface area contributed by atoms with Crippen molar-refractivity contribution in [3.05, 3.63) is 29.3 Å². The van der Waals surface area contributed by atoms with Gasteiger partial charge in [0, 0.05) is 6.04 Å². The van der Waals surface area contributed by atoms with E-state index in [1.165, 1.54) is 19.2 Å². The quantitative estimate of drug-likeness (QED) is 0.895. The summed E-state index contributed by atoms with van der Waals surface area (Å²) in [5.41, 5.74) is 5.31. The van der Waals surface area contributed by atoms with Crippen LogP contribution >= 0.6 is 0 Å². The molecule has 0 heterocycles. The van der Waals surface area contributed by atoms with Gasteiger partial charge in [-0.3, -0.25) is 0 Å². The maximum Gasteiger partial charge on any atom is 0.416 e. The largest absolute Gasteiger partial charge is 0.497 e. The molecule has 0 fully saturated rings. The molecule has 0 saturated heterocycles. The molecule has 102 valence electrons. The summed E-state index contributed by atoms with van der Waals surface area (Å²) in [6.45, 7) is 3.75. The lowest BCUT2D eigenvalue weighted by Crippen LogP contribution is -2.22. The molecule has 1 unspecified atom stereocenters. The van der Waals surface area contributed by atoms with E-state index < -0.39 is 17.8 Å². The van der Waals surface area contributed by atoms with Gasteiger partial charge >= 0.3 is 6.18 Å². The summed E-state index contributed by atoms with van der Waals surface area (Å²) in [7, 11) is 1.34. The van der Waals surface area contributed by atoms with Crippen LogP contribution in [-0.2, 0) is 6.18 Å². The Kier molecular flexibility index (Phi) is 4.62. The predicted octanol–water partition coefficient (Wildman–Crippen LogP) is 3.76. The molecule has 1 rings (SSSR count). The molecule has 0 aromatic heterocycles. The highest BCUT2D eigenvalue weighted by Crippen LogP contribution is 2.38. The molecule has 5 heteroatoms. The summed E-state index contributed by atoms with van der Waals surface area (Å²) in [5.74, 6) is 0.168. The minimum absolute atomic E-state index is 0.0144. The summed E-state index contributed by atoms with van der Waals surface area (Å²) in [5, 5.41) is 0. The van der Waals surface area contributed by atoms with Crippen LogP contribution in [0.1, 0.15) is 37.4 Å². The van der Waals surface area contributed by atoms with E-state index in [0.29, 0.717) is 0 Å². The first kappa shape index (κ1) is 14.8. The van der Waals surface area contributed by atoms with E-state index in [9.17, 15) is 13.2 Å². The topological polar surface area (TPSA) is 35.2 Å². The van der Waals surface area contributed by atoms with E-state index in [-0.39, 0.29) is 17.2 Å². The first-order valence-electron chi connectivity index (χ1n) is 5.82. The molecule has 0 bridgehead atoms. The van der Waals surface area contributed by atoms with Crippen molar-refractivity contribution in [1.29, 1.82) is 0 Å². The van der Waals surface area contributed by atoms with Gasteiger partial charge < -0.3 is 10.5 Å². The molecule has 1 aromatic rings. The minimum atomic E-state index is -4.42. The van der Waals surface area contributed by atoms with Gasteiger partial charge in [0.05, 0.1) is 12.7 Å². The Bertz CT molecular complexity index is 404. The van der Waals surface area contributed by atoms with Crippen LogP contribution in [0.25, 0.3) is 0 Å². The second kappa shape index (κ2) is 5.61. The number of halogens is 3. The van der Waals surface area contributed by atoms with Crippen molar-refractivity contribution in [2.45, 2.75) is 32.5 Å². The molecule has 0 radical (unpaired) electrons. The van der Waals surface area contributed by atoms with E-state index in [1.54, 1.807) is 0 Å². The fourth-order valence-corrected chi connectivity index (χ4v) is 1.76. The lowest BCUT2D eigenvalue weighted by molar-refractivity contribution is -0.138. The summed E-state index contributed by atoms with van der Waals surface area (Å²) in [6.07, 6.45) is -3.69. The molecule has 0 amide bonds. The van der Waals surface area contributed by atoms with Crippen LogP contribution in [0, 0.1) is 5.92 Å². The SMILES string of the molecule is CCC(C)[C@@H](N)c1ccc(OC)cc1C(F)(F)F. The fourth-order valence-electron chi connectivity index (χ4n) is 1.76. The molecule has 0 spiro atoms. The average Bonchev–Trinajstić information content (AvgIpc) is 2.35. The van der Waals surface area contributed by atoms with Crippen molar-refractivity contribution in [2.24, 2.45) is 11.7 Å². The predicted molar refractivity (Wildman–Crippen MR) is 64.4 cm³/mol. The lowest BCUT2D eigenvalue weighted by Gasteiger charge is -2.23. The normalized spacial score (nSPS) is 15.3. The monoisotopic (exact) mass is 261 g/mol. The Morgan fingerprint density at radius 3 is 2.39 bits per heavy atom. The Morgan fingerprint density at radius 1 is 1.33 bits per heavy atom. The molecule has 0 aliphatic rings. The van der Waals surface area contributed by atoms with Crippen molar-refractivity contribution in [3.8, 4) is 5.75 Å². The van der Waals surface area contributed by atoms with E-state index in [1.807, 2.05) is 13.8 Å². The molecular formula is C13H18F3NO. The first-order valence-corrected chi connectivity index (χ1v) is 5.82. The summed E-state index contributed by atoms with van der Waals surface area (Å²) in [4.78, 5) is 0. The number of alkyl halides is 3. The molecule has 0 aliphatic carbocycles. The Labute approximate surface area is 105 Å². The fraction of sp³-hybridized carbons (Fsp3) is 0.538. The number of benzene rings is 1. The smallest absolute Gasteiger partial charge is 0.416 e. The molecule has 18 heavy (non-hydrogen) atoms. The third kappa shape index (κ3) is 3.16. The highest BCUT2D eigenvalue weighted by atomic mass is 19.4. The third-order valence-electron chi connectivity index (χ3n) is 3.18. The second-order valence-corrected chi connectivity index (χ2v) is 4.36. The number of nitrogens with two attached hydrogens (primary N) is 1. The Hall–Kier alpha value is -1.23. The van der Waals surface area contributed by atoms with Gasteiger partial charge in [0.2, 0.25) is 0 Å². The molecule has 0 saturated carbocycles. The Balaban J connectivity index is 3.26. The first-order chi connectivity index (χ1) is 8.31. The number of hydrogen-bond acceptors (Lipinski definition) is 2. The van der Waals surface area contributed by atoms with Crippen LogP contribution in [0.15, 0.2) is 18.2 Å². The van der Waals surface area contributed by atoms with Crippen LogP contribution in [0.2, 0.25) is 0 Å². The number of rotatable bonds is 4. The van der Waals surface area contributed by atoms with Gasteiger partial charge in [-0.1, -0.05) is 26.3 Å². The van der Waals surface area contributed by atoms with E-state index in [2.05, 4.69) is 0 Å². The van der Waals surface area contributed by atoms with Gasteiger partial charge in [-0.05, 0) is 23.6 Å². The van der Waals surface area contributed by atoms with Crippen LogP contribution in [0.5, 0.6) is 5.75 Å². The summed E-state index contributed by atoms with van der Waals surface area (Å²) < 4.78 is 43.8. The Morgan fingerprint density at radius 2 is 1.94 bits per heavy atom. The van der Waals surface area contributed by atoms with Crippen LogP contribution in [-0.4, -0.2) is 7.11 Å². The van der Waals surface area contributed by atoms with Crippen molar-refractivity contribution in [2.75, 3.05) is 7.11 Å². The molecule has 2 atom stereocenters. The number of methoxy groups -OCH3 is 1. The lowest BCUT2D eigenvalue weighted by atomic mass is 9.90. The average molecular weight is 261 g/mol. The van der Waals surface area contributed by atoms with Crippen molar-refractivity contribution < 1.29 is 17.9 Å². The minimum Gasteiger partial charge on any atom is -0.497 e. The third-order valence-corrected chi connectivity index (χ3v) is 3.18. The zero-order valence-corrected chi connectivity index (χ0v) is 10.7. The van der Waals surface area contributed by atoms with Gasteiger partial charge in [0.15, 0.2) is 0 Å². The van der Waals surface area contributed by atoms with Crippen LogP contribution < -0.4 is 10.5 Å². The summed E-state index contributed by atoms with van der Waals surface area (Å²) in [6, 6.07) is 3.28. The molecule has 2 N–H and O–H groups in total. The van der Waals surface area contributed by atoms with Crippen molar-refractivity contribution >= 4 is 0 Å². The van der Waals surface area contributed by atoms with Crippen LogP contribution in [0.4, 0.5) is 13.2 Å². The van der Waals surface area contributed by atoms with Gasteiger partial charge in [-0.15, -0.1) is 0 Å². The molecule has 1 aromatic carbocycles. The van der Waals surface area contributed by atoms with Gasteiger partial charge in [-0.2, -0.15) is 13.2 Å². The van der Waals surface area contributed by atoms with Crippen molar-refractivity contribution in [3.63, 3.8) is 0 Å². The molecule has 2 nitrogen and oxygen atoms in total. The van der Waals surface area contributed by atoms with E-state index >= 15 is 0 Å². The molecule has 0 aliphatic heterocycles. The number of hydrogen-bond donors (Lipinski definition) is 1. The van der Waals surface area contributed by atoms with Gasteiger partial charge in [-0.25, -0.2) is 0 Å². The highest BCUT2D eigenvalue weighted by Gasteiger charge is 2.35. The zero-order chi connectivity index (χ0) is 13.9. The second-order valence-electron chi connectivity index (χ2n) is 4.36. The summed E-state index contributed by atoms with van der Waals surface area (Å²) >= 11 is 0. The van der Waals surface area contributed by atoms with Crippen LogP contribution in [0.3, 0.4) is 0 Å². The maximum absolute atomic E-state index is 13.0. The van der Waals surface area contributed by atoms with E-state index in [0.717, 1.165) is 12.5 Å². The zero-order valence-electron chi connectivity index (χ0n) is 10.7. The standard InChI is InChI=1S/C13H18F3NO/c1-4-8(2)12(17)10-6-5-9(18-3)7-11(10)13(14,15)16/h5-8,12H,4,17H2,1-3H3/t8?,12-/m1/s1. The van der Waals surface area contributed by atoms with Gasteiger partial charge in [0.25, 0.3) is 0 Å². The molecular weight excluding hydrogens is 243 g/mol. The number of ether oxygens (including phenoxy) is 1. The highest BCUT2D eigenvalue weighted by molar-refractivity contribution is 5.39. The van der Waals surface area contributed by atoms with E-state index in [4.69, 9.17) is 10.5 Å². The maximum atomic E-state index is 13.0. The van der Waals surface area contributed by atoms with Crippen molar-refractivity contribution in [1.82, 2.24) is 0 Å². The van der Waals surface area contributed by atoms with Gasteiger partial charge in [0.1, 0.15) is 5.75 Å².